The zero-order valence-electron chi connectivity index (χ0n) is 12.8. The quantitative estimate of drug-likeness (QED) is 0.795. The summed E-state index contributed by atoms with van der Waals surface area (Å²) in [5, 5.41) is 9.34. The predicted octanol–water partition coefficient (Wildman–Crippen LogP) is 3.07. The second kappa shape index (κ2) is 7.98. The summed E-state index contributed by atoms with van der Waals surface area (Å²) < 4.78 is 10.5. The fraction of sp³-hybridized carbons (Fsp3) is 0.222. The fourth-order valence-corrected chi connectivity index (χ4v) is 2.07. The topological polar surface area (TPSA) is 72.8 Å². The van der Waals surface area contributed by atoms with Crippen LogP contribution in [0.3, 0.4) is 0 Å². The van der Waals surface area contributed by atoms with Gasteiger partial charge in [-0.3, -0.25) is 4.79 Å². The van der Waals surface area contributed by atoms with Gasteiger partial charge in [0, 0.05) is 13.3 Å². The van der Waals surface area contributed by atoms with Crippen molar-refractivity contribution < 1.29 is 24.2 Å². The molecule has 0 saturated heterocycles. The third-order valence-electron chi connectivity index (χ3n) is 3.21. The summed E-state index contributed by atoms with van der Waals surface area (Å²) in [7, 11) is 0. The van der Waals surface area contributed by atoms with Crippen LogP contribution in [-0.2, 0) is 22.6 Å². The van der Waals surface area contributed by atoms with E-state index in [1.807, 2.05) is 30.3 Å². The monoisotopic (exact) mass is 314 g/mol. The third-order valence-corrected chi connectivity index (χ3v) is 3.21. The number of hydrogen-bond donors (Lipinski definition) is 1. The summed E-state index contributed by atoms with van der Waals surface area (Å²) in [5.41, 5.74) is 1.83. The van der Waals surface area contributed by atoms with Crippen LogP contribution in [0.2, 0.25) is 0 Å². The molecule has 2 rings (SSSR count). The maximum atomic E-state index is 11.4. The molecule has 2 aromatic rings. The fourth-order valence-electron chi connectivity index (χ4n) is 2.07. The molecule has 1 N–H and O–H groups in total. The first-order chi connectivity index (χ1) is 11.1. The summed E-state index contributed by atoms with van der Waals surface area (Å²) in [6.07, 6.45) is 0.457. The minimum Gasteiger partial charge on any atom is -0.488 e. The molecule has 120 valence electrons. The molecule has 0 bridgehead atoms. The van der Waals surface area contributed by atoms with Gasteiger partial charge in [0.2, 0.25) is 0 Å². The van der Waals surface area contributed by atoms with E-state index in [9.17, 15) is 14.7 Å². The molecule has 0 aliphatic heterocycles. The van der Waals surface area contributed by atoms with Crippen molar-refractivity contribution in [3.8, 4) is 5.75 Å². The van der Waals surface area contributed by atoms with E-state index in [-0.39, 0.29) is 18.1 Å². The Morgan fingerprint density at radius 3 is 2.43 bits per heavy atom. The molecule has 0 atom stereocenters. The number of carboxylic acids is 1. The molecular weight excluding hydrogens is 296 g/mol. The Balaban J connectivity index is 2.07. The molecule has 0 aliphatic carbocycles. The molecular formula is C18H18O5. The maximum absolute atomic E-state index is 11.4. The van der Waals surface area contributed by atoms with E-state index < -0.39 is 5.97 Å². The van der Waals surface area contributed by atoms with Crippen LogP contribution in [0.15, 0.2) is 48.5 Å². The summed E-state index contributed by atoms with van der Waals surface area (Å²) in [6, 6.07) is 14.5. The number of ether oxygens (including phenoxy) is 2. The van der Waals surface area contributed by atoms with Crippen molar-refractivity contribution in [1.82, 2.24) is 0 Å². The molecule has 0 fully saturated rings. The molecule has 0 heterocycles. The van der Waals surface area contributed by atoms with Crippen molar-refractivity contribution in [3.05, 3.63) is 65.2 Å². The number of carboxylic acid groups (broad SMARTS) is 1. The minimum atomic E-state index is -1.05. The van der Waals surface area contributed by atoms with Crippen LogP contribution >= 0.6 is 0 Å². The second-order valence-corrected chi connectivity index (χ2v) is 5.00. The lowest BCUT2D eigenvalue weighted by atomic mass is 10.1. The molecule has 0 saturated carbocycles. The number of aromatic carboxylic acids is 1. The van der Waals surface area contributed by atoms with E-state index in [0.29, 0.717) is 18.8 Å². The van der Waals surface area contributed by atoms with Gasteiger partial charge in [-0.15, -0.1) is 0 Å². The highest BCUT2D eigenvalue weighted by molar-refractivity contribution is 5.91. The lowest BCUT2D eigenvalue weighted by molar-refractivity contribution is -0.140. The molecule has 0 unspecified atom stereocenters. The second-order valence-electron chi connectivity index (χ2n) is 5.00. The Kier molecular flexibility index (Phi) is 5.74. The van der Waals surface area contributed by atoms with E-state index in [1.54, 1.807) is 18.2 Å². The standard InChI is InChI=1S/C18H18O5/c1-13(19)22-10-9-14-7-8-17(16(11-14)18(20)21)23-12-15-5-3-2-4-6-15/h2-8,11H,9-10,12H2,1H3,(H,20,21). The number of carbonyl (C=O) groups excluding carboxylic acids is 1. The highest BCUT2D eigenvalue weighted by atomic mass is 16.5. The van der Waals surface area contributed by atoms with Gasteiger partial charge in [0.15, 0.2) is 0 Å². The number of esters is 1. The van der Waals surface area contributed by atoms with E-state index in [0.717, 1.165) is 11.1 Å². The van der Waals surface area contributed by atoms with Gasteiger partial charge in [-0.25, -0.2) is 4.79 Å². The number of rotatable bonds is 7. The molecule has 5 nitrogen and oxygen atoms in total. The Morgan fingerprint density at radius 2 is 1.78 bits per heavy atom. The van der Waals surface area contributed by atoms with Crippen LogP contribution in [0.5, 0.6) is 5.75 Å². The first kappa shape index (κ1) is 16.5. The smallest absolute Gasteiger partial charge is 0.339 e. The lowest BCUT2D eigenvalue weighted by Crippen LogP contribution is -2.07. The Labute approximate surface area is 134 Å². The van der Waals surface area contributed by atoms with Gasteiger partial charge < -0.3 is 14.6 Å². The molecule has 5 heteroatoms. The predicted molar refractivity (Wildman–Crippen MR) is 84.5 cm³/mol. The summed E-state index contributed by atoms with van der Waals surface area (Å²) in [6.45, 7) is 1.86. The van der Waals surface area contributed by atoms with Crippen LogP contribution in [0.25, 0.3) is 0 Å². The molecule has 0 aromatic heterocycles. The first-order valence-corrected chi connectivity index (χ1v) is 7.22. The summed E-state index contributed by atoms with van der Waals surface area (Å²) in [5.74, 6) is -1.09. The number of carbonyl (C=O) groups is 2. The SMILES string of the molecule is CC(=O)OCCc1ccc(OCc2ccccc2)c(C(=O)O)c1. The van der Waals surface area contributed by atoms with E-state index in [1.165, 1.54) is 6.92 Å². The number of benzene rings is 2. The van der Waals surface area contributed by atoms with Gasteiger partial charge in [-0.1, -0.05) is 36.4 Å². The average molecular weight is 314 g/mol. The van der Waals surface area contributed by atoms with Crippen LogP contribution in [-0.4, -0.2) is 23.7 Å². The molecule has 0 aliphatic rings. The largest absolute Gasteiger partial charge is 0.488 e. The van der Waals surface area contributed by atoms with Gasteiger partial charge in [0.1, 0.15) is 17.9 Å². The van der Waals surface area contributed by atoms with E-state index in [4.69, 9.17) is 9.47 Å². The summed E-state index contributed by atoms with van der Waals surface area (Å²) >= 11 is 0. The van der Waals surface area contributed by atoms with Crippen molar-refractivity contribution in [2.75, 3.05) is 6.61 Å². The Bertz CT molecular complexity index is 679. The van der Waals surface area contributed by atoms with Crippen LogP contribution in [0.4, 0.5) is 0 Å². The number of hydrogen-bond acceptors (Lipinski definition) is 4. The normalized spacial score (nSPS) is 10.1. The van der Waals surface area contributed by atoms with Crippen LogP contribution in [0, 0.1) is 0 Å². The Hall–Kier alpha value is -2.82. The maximum Gasteiger partial charge on any atom is 0.339 e. The average Bonchev–Trinajstić information content (AvgIpc) is 2.54. The van der Waals surface area contributed by atoms with Crippen LogP contribution < -0.4 is 4.74 Å². The van der Waals surface area contributed by atoms with Gasteiger partial charge in [0.05, 0.1) is 6.61 Å². The van der Waals surface area contributed by atoms with E-state index >= 15 is 0 Å². The summed E-state index contributed by atoms with van der Waals surface area (Å²) in [4.78, 5) is 22.1. The molecule has 0 radical (unpaired) electrons. The molecule has 0 amide bonds. The van der Waals surface area contributed by atoms with Gasteiger partial charge >= 0.3 is 11.9 Å². The Morgan fingerprint density at radius 1 is 1.04 bits per heavy atom. The minimum absolute atomic E-state index is 0.0984. The highest BCUT2D eigenvalue weighted by Gasteiger charge is 2.13. The van der Waals surface area contributed by atoms with Crippen molar-refractivity contribution in [2.45, 2.75) is 20.0 Å². The third kappa shape index (κ3) is 5.14. The van der Waals surface area contributed by atoms with Gasteiger partial charge in [0.25, 0.3) is 0 Å². The zero-order valence-corrected chi connectivity index (χ0v) is 12.8. The van der Waals surface area contributed by atoms with Crippen molar-refractivity contribution >= 4 is 11.9 Å². The zero-order chi connectivity index (χ0) is 16.7. The molecule has 23 heavy (non-hydrogen) atoms. The molecule has 2 aromatic carbocycles. The van der Waals surface area contributed by atoms with Crippen molar-refractivity contribution in [2.24, 2.45) is 0 Å². The lowest BCUT2D eigenvalue weighted by Gasteiger charge is -2.11. The van der Waals surface area contributed by atoms with Gasteiger partial charge in [-0.2, -0.15) is 0 Å². The van der Waals surface area contributed by atoms with E-state index in [2.05, 4.69) is 0 Å². The van der Waals surface area contributed by atoms with Crippen LogP contribution in [0.1, 0.15) is 28.4 Å². The molecule has 0 spiro atoms. The van der Waals surface area contributed by atoms with Crippen molar-refractivity contribution in [1.29, 1.82) is 0 Å². The van der Waals surface area contributed by atoms with Crippen molar-refractivity contribution in [3.63, 3.8) is 0 Å². The highest BCUT2D eigenvalue weighted by Crippen LogP contribution is 2.22. The first-order valence-electron chi connectivity index (χ1n) is 7.22. The van der Waals surface area contributed by atoms with Gasteiger partial charge in [-0.05, 0) is 23.3 Å².